The fraction of sp³-hybridized carbons (Fsp3) is 0.481. The Bertz CT molecular complexity index is 825. The first-order valence-electron chi connectivity index (χ1n) is 11.5. The van der Waals surface area contributed by atoms with E-state index < -0.39 is 0 Å². The van der Waals surface area contributed by atoms with Crippen LogP contribution in [0.4, 0.5) is 0 Å². The Kier molecular flexibility index (Phi) is 8.51. The van der Waals surface area contributed by atoms with Crippen molar-refractivity contribution in [1.29, 1.82) is 5.26 Å². The van der Waals surface area contributed by atoms with Crippen LogP contribution in [0, 0.1) is 23.2 Å². The van der Waals surface area contributed by atoms with Gasteiger partial charge in [-0.2, -0.15) is 5.26 Å². The van der Waals surface area contributed by atoms with Crippen LogP contribution in [0.15, 0.2) is 48.5 Å². The summed E-state index contributed by atoms with van der Waals surface area (Å²) in [7, 11) is 0. The van der Waals surface area contributed by atoms with Gasteiger partial charge in [-0.15, -0.1) is 0 Å². The van der Waals surface area contributed by atoms with Crippen LogP contribution in [0.2, 0.25) is 0 Å². The molecule has 0 bridgehead atoms. The van der Waals surface area contributed by atoms with E-state index in [9.17, 15) is 4.79 Å². The number of rotatable bonds is 9. The van der Waals surface area contributed by atoms with Gasteiger partial charge < -0.3 is 4.74 Å². The number of carbonyl (C=O) groups is 1. The molecule has 2 aromatic rings. The number of esters is 1. The summed E-state index contributed by atoms with van der Waals surface area (Å²) in [6.07, 6.45) is 11.4. The maximum absolute atomic E-state index is 12.5. The fourth-order valence-electron chi connectivity index (χ4n) is 4.33. The van der Waals surface area contributed by atoms with E-state index in [4.69, 9.17) is 10.00 Å². The molecule has 0 radical (unpaired) electrons. The average molecular weight is 404 g/mol. The molecule has 3 heteroatoms. The van der Waals surface area contributed by atoms with Gasteiger partial charge in [-0.1, -0.05) is 56.9 Å². The Morgan fingerprint density at radius 1 is 0.933 bits per heavy atom. The molecule has 0 unspecified atom stereocenters. The predicted molar refractivity (Wildman–Crippen MR) is 120 cm³/mol. The Balaban J connectivity index is 1.41. The van der Waals surface area contributed by atoms with E-state index in [0.29, 0.717) is 11.3 Å². The SMILES string of the molecule is CCCCCC1CCC(C(=O)Oc2ccc(CCc3ccc(C#N)cc3)cc2)CC1. The van der Waals surface area contributed by atoms with Gasteiger partial charge in [0.05, 0.1) is 17.6 Å². The van der Waals surface area contributed by atoms with Crippen LogP contribution in [0.1, 0.15) is 75.0 Å². The van der Waals surface area contributed by atoms with E-state index in [0.717, 1.165) is 44.4 Å². The second kappa shape index (κ2) is 11.6. The highest BCUT2D eigenvalue weighted by Crippen LogP contribution is 2.33. The molecule has 0 N–H and O–H groups in total. The third-order valence-electron chi connectivity index (χ3n) is 6.32. The molecule has 0 atom stereocenters. The zero-order valence-electron chi connectivity index (χ0n) is 18.1. The highest BCUT2D eigenvalue weighted by molar-refractivity contribution is 5.75. The lowest BCUT2D eigenvalue weighted by Crippen LogP contribution is -2.25. The molecule has 1 fully saturated rings. The van der Waals surface area contributed by atoms with Crippen molar-refractivity contribution in [3.8, 4) is 11.8 Å². The van der Waals surface area contributed by atoms with Gasteiger partial charge in [-0.05, 0) is 79.8 Å². The van der Waals surface area contributed by atoms with E-state index in [1.165, 1.54) is 36.8 Å². The van der Waals surface area contributed by atoms with E-state index in [2.05, 4.69) is 13.0 Å². The van der Waals surface area contributed by atoms with Crippen molar-refractivity contribution in [1.82, 2.24) is 0 Å². The molecular weight excluding hydrogens is 370 g/mol. The van der Waals surface area contributed by atoms with Crippen LogP contribution >= 0.6 is 0 Å². The lowest BCUT2D eigenvalue weighted by atomic mass is 9.80. The minimum Gasteiger partial charge on any atom is -0.426 e. The van der Waals surface area contributed by atoms with Crippen molar-refractivity contribution in [2.75, 3.05) is 0 Å². The number of nitrogens with zero attached hydrogens (tertiary/aromatic N) is 1. The van der Waals surface area contributed by atoms with Gasteiger partial charge in [0, 0.05) is 0 Å². The highest BCUT2D eigenvalue weighted by Gasteiger charge is 2.27. The number of carbonyl (C=O) groups excluding carboxylic acids is 1. The highest BCUT2D eigenvalue weighted by atomic mass is 16.5. The summed E-state index contributed by atoms with van der Waals surface area (Å²) in [6, 6.07) is 17.8. The summed E-state index contributed by atoms with van der Waals surface area (Å²) < 4.78 is 5.66. The molecule has 2 aromatic carbocycles. The summed E-state index contributed by atoms with van der Waals surface area (Å²) in [5.41, 5.74) is 3.12. The second-order valence-corrected chi connectivity index (χ2v) is 8.59. The normalized spacial score (nSPS) is 18.5. The zero-order chi connectivity index (χ0) is 21.2. The van der Waals surface area contributed by atoms with Crippen molar-refractivity contribution in [3.63, 3.8) is 0 Å². The predicted octanol–water partition coefficient (Wildman–Crippen LogP) is 6.64. The first kappa shape index (κ1) is 22.1. The number of benzene rings is 2. The standard InChI is InChI=1S/C27H33NO2/c1-2-3-4-5-21-12-16-25(17-13-21)27(29)30-26-18-14-23(15-19-26)7-6-22-8-10-24(20-28)11-9-22/h8-11,14-15,18-19,21,25H,2-7,12-13,16-17H2,1H3. The number of hydrogen-bond acceptors (Lipinski definition) is 3. The van der Waals surface area contributed by atoms with Crippen LogP contribution in [0.5, 0.6) is 5.75 Å². The second-order valence-electron chi connectivity index (χ2n) is 8.59. The Morgan fingerprint density at radius 3 is 2.10 bits per heavy atom. The average Bonchev–Trinajstić information content (AvgIpc) is 2.79. The summed E-state index contributed by atoms with van der Waals surface area (Å²) in [6.45, 7) is 2.24. The maximum atomic E-state index is 12.5. The summed E-state index contributed by atoms with van der Waals surface area (Å²) in [5, 5.41) is 8.87. The molecule has 0 aliphatic heterocycles. The van der Waals surface area contributed by atoms with Gasteiger partial charge in [0.15, 0.2) is 0 Å². The molecule has 0 spiro atoms. The van der Waals surface area contributed by atoms with E-state index >= 15 is 0 Å². The van der Waals surface area contributed by atoms with E-state index in [-0.39, 0.29) is 11.9 Å². The van der Waals surface area contributed by atoms with Gasteiger partial charge in [0.1, 0.15) is 5.75 Å². The van der Waals surface area contributed by atoms with Gasteiger partial charge >= 0.3 is 5.97 Å². The van der Waals surface area contributed by atoms with E-state index in [1.807, 2.05) is 48.5 Å². The summed E-state index contributed by atoms with van der Waals surface area (Å²) >= 11 is 0. The van der Waals surface area contributed by atoms with Gasteiger partial charge in [-0.25, -0.2) is 0 Å². The lowest BCUT2D eigenvalue weighted by molar-refractivity contribution is -0.140. The Hall–Kier alpha value is -2.60. The van der Waals surface area contributed by atoms with Crippen molar-refractivity contribution >= 4 is 5.97 Å². The zero-order valence-corrected chi connectivity index (χ0v) is 18.1. The van der Waals surface area contributed by atoms with Crippen molar-refractivity contribution < 1.29 is 9.53 Å². The molecule has 0 amide bonds. The number of ether oxygens (including phenoxy) is 1. The van der Waals surface area contributed by atoms with Crippen molar-refractivity contribution in [2.24, 2.45) is 11.8 Å². The summed E-state index contributed by atoms with van der Waals surface area (Å²) in [5.74, 6) is 1.44. The smallest absolute Gasteiger partial charge is 0.314 e. The largest absolute Gasteiger partial charge is 0.426 e. The van der Waals surface area contributed by atoms with Gasteiger partial charge in [0.2, 0.25) is 0 Å². The molecular formula is C27H33NO2. The topological polar surface area (TPSA) is 50.1 Å². The van der Waals surface area contributed by atoms with Gasteiger partial charge in [0.25, 0.3) is 0 Å². The number of unbranched alkanes of at least 4 members (excludes halogenated alkanes) is 2. The molecule has 1 aliphatic rings. The molecule has 0 saturated heterocycles. The third-order valence-corrected chi connectivity index (χ3v) is 6.32. The minimum absolute atomic E-state index is 0.0588. The third kappa shape index (κ3) is 6.73. The first-order valence-corrected chi connectivity index (χ1v) is 11.5. The summed E-state index contributed by atoms with van der Waals surface area (Å²) in [4.78, 5) is 12.5. The first-order chi connectivity index (χ1) is 14.7. The number of nitriles is 1. The Morgan fingerprint density at radius 2 is 1.53 bits per heavy atom. The van der Waals surface area contributed by atoms with E-state index in [1.54, 1.807) is 0 Å². The van der Waals surface area contributed by atoms with Crippen molar-refractivity contribution in [3.05, 3.63) is 65.2 Å². The van der Waals surface area contributed by atoms with Crippen LogP contribution in [0.25, 0.3) is 0 Å². The fourth-order valence-corrected chi connectivity index (χ4v) is 4.33. The maximum Gasteiger partial charge on any atom is 0.314 e. The number of aryl methyl sites for hydroxylation is 2. The van der Waals surface area contributed by atoms with Crippen LogP contribution in [-0.2, 0) is 17.6 Å². The number of hydrogen-bond donors (Lipinski definition) is 0. The van der Waals surface area contributed by atoms with Gasteiger partial charge in [-0.3, -0.25) is 4.79 Å². The van der Waals surface area contributed by atoms with Crippen LogP contribution in [-0.4, -0.2) is 5.97 Å². The molecule has 158 valence electrons. The quantitative estimate of drug-likeness (QED) is 0.268. The molecule has 0 heterocycles. The molecule has 3 nitrogen and oxygen atoms in total. The lowest BCUT2D eigenvalue weighted by Gasteiger charge is -2.27. The van der Waals surface area contributed by atoms with Crippen LogP contribution < -0.4 is 4.74 Å². The van der Waals surface area contributed by atoms with Crippen LogP contribution in [0.3, 0.4) is 0 Å². The Labute approximate surface area is 181 Å². The molecule has 1 saturated carbocycles. The minimum atomic E-state index is -0.0626. The monoisotopic (exact) mass is 403 g/mol. The molecule has 1 aliphatic carbocycles. The van der Waals surface area contributed by atoms with Crippen molar-refractivity contribution in [2.45, 2.75) is 71.1 Å². The molecule has 3 rings (SSSR count). The molecule has 30 heavy (non-hydrogen) atoms. The molecule has 0 aromatic heterocycles.